The molecular formula is C13H17N2+. The normalized spacial score (nSPS) is 10.7. The minimum absolute atomic E-state index is 1.26. The highest BCUT2D eigenvalue weighted by Gasteiger charge is 2.15. The molecule has 0 atom stereocenters. The zero-order valence-electron chi connectivity index (χ0n) is 9.78. The predicted octanol–water partition coefficient (Wildman–Crippen LogP) is 2.23. The molecular weight excluding hydrogens is 184 g/mol. The minimum atomic E-state index is 1.26. The molecule has 78 valence electrons. The molecule has 0 N–H and O–H groups in total. The molecule has 0 aliphatic carbocycles. The Kier molecular flexibility index (Phi) is 2.35. The second kappa shape index (κ2) is 3.54. The van der Waals surface area contributed by atoms with Gasteiger partial charge in [0.25, 0.3) is 0 Å². The Bertz CT molecular complexity index is 495. The number of rotatable bonds is 1. The van der Waals surface area contributed by atoms with E-state index in [1.54, 1.807) is 0 Å². The molecule has 2 aromatic rings. The van der Waals surface area contributed by atoms with Crippen molar-refractivity contribution in [2.45, 2.75) is 20.8 Å². The summed E-state index contributed by atoms with van der Waals surface area (Å²) < 4.78 is 4.33. The second-order valence-corrected chi connectivity index (χ2v) is 4.04. The van der Waals surface area contributed by atoms with E-state index in [-0.39, 0.29) is 0 Å². The smallest absolute Gasteiger partial charge is 0.155 e. The van der Waals surface area contributed by atoms with Crippen molar-refractivity contribution in [3.8, 4) is 5.69 Å². The summed E-state index contributed by atoms with van der Waals surface area (Å²) in [7, 11) is 2.08. The molecule has 1 heterocycles. The fourth-order valence-electron chi connectivity index (χ4n) is 1.78. The molecule has 0 fully saturated rings. The van der Waals surface area contributed by atoms with Crippen LogP contribution in [0.4, 0.5) is 0 Å². The van der Waals surface area contributed by atoms with E-state index in [9.17, 15) is 0 Å². The molecule has 0 aliphatic heterocycles. The van der Waals surface area contributed by atoms with Crippen LogP contribution in [0, 0.1) is 20.8 Å². The summed E-state index contributed by atoms with van der Waals surface area (Å²) in [5.41, 5.74) is 5.18. The molecule has 2 nitrogen and oxygen atoms in total. The SMILES string of the molecule is Cc1cccc(-[n+]2ccc(C)n2C)c1C. The summed E-state index contributed by atoms with van der Waals surface area (Å²) in [5, 5.41) is 0. The molecule has 0 bridgehead atoms. The molecule has 2 rings (SSSR count). The van der Waals surface area contributed by atoms with Gasteiger partial charge >= 0.3 is 0 Å². The maximum atomic E-state index is 2.18. The Labute approximate surface area is 90.8 Å². The standard InChI is InChI=1S/C13H17N2/c1-10-6-5-7-13(12(10)3)15-9-8-11(2)14(15)4/h5-9H,1-4H3/q+1. The number of benzene rings is 1. The van der Waals surface area contributed by atoms with Crippen molar-refractivity contribution in [1.82, 2.24) is 4.68 Å². The van der Waals surface area contributed by atoms with Crippen LogP contribution in [-0.2, 0) is 7.05 Å². The van der Waals surface area contributed by atoms with Crippen molar-refractivity contribution in [3.05, 3.63) is 47.3 Å². The van der Waals surface area contributed by atoms with Crippen LogP contribution in [-0.4, -0.2) is 4.68 Å². The molecule has 1 aromatic carbocycles. The Hall–Kier alpha value is -1.57. The summed E-state index contributed by atoms with van der Waals surface area (Å²) >= 11 is 0. The van der Waals surface area contributed by atoms with E-state index >= 15 is 0 Å². The quantitative estimate of drug-likeness (QED) is 0.626. The van der Waals surface area contributed by atoms with Gasteiger partial charge in [0.2, 0.25) is 11.9 Å². The zero-order chi connectivity index (χ0) is 11.0. The molecule has 2 heteroatoms. The van der Waals surface area contributed by atoms with Gasteiger partial charge < -0.3 is 0 Å². The highest BCUT2D eigenvalue weighted by Crippen LogP contribution is 2.12. The van der Waals surface area contributed by atoms with Gasteiger partial charge in [-0.25, -0.2) is 0 Å². The average molecular weight is 201 g/mol. The summed E-state index contributed by atoms with van der Waals surface area (Å²) in [4.78, 5) is 0. The molecule has 0 radical (unpaired) electrons. The molecule has 1 aromatic heterocycles. The largest absolute Gasteiger partial charge is 0.238 e. The monoisotopic (exact) mass is 201 g/mol. The van der Waals surface area contributed by atoms with Crippen LogP contribution in [0.5, 0.6) is 0 Å². The van der Waals surface area contributed by atoms with Crippen molar-refractivity contribution in [2.24, 2.45) is 7.05 Å². The van der Waals surface area contributed by atoms with Crippen LogP contribution < -0.4 is 4.68 Å². The van der Waals surface area contributed by atoms with Crippen molar-refractivity contribution < 1.29 is 4.68 Å². The Morgan fingerprint density at radius 1 is 1.07 bits per heavy atom. The van der Waals surface area contributed by atoms with Crippen molar-refractivity contribution >= 4 is 0 Å². The van der Waals surface area contributed by atoms with E-state index < -0.39 is 0 Å². The summed E-state index contributed by atoms with van der Waals surface area (Å²) in [6.07, 6.45) is 2.11. The van der Waals surface area contributed by atoms with Gasteiger partial charge in [0.15, 0.2) is 0 Å². The Morgan fingerprint density at radius 2 is 1.80 bits per heavy atom. The first-order valence-corrected chi connectivity index (χ1v) is 5.22. The average Bonchev–Trinajstić information content (AvgIpc) is 2.53. The minimum Gasteiger partial charge on any atom is -0.155 e. The number of hydrogen-bond acceptors (Lipinski definition) is 0. The Balaban J connectivity index is 2.64. The second-order valence-electron chi connectivity index (χ2n) is 4.04. The van der Waals surface area contributed by atoms with Crippen LogP contribution in [0.25, 0.3) is 5.69 Å². The third-order valence-electron chi connectivity index (χ3n) is 3.11. The van der Waals surface area contributed by atoms with E-state index in [0.717, 1.165) is 0 Å². The van der Waals surface area contributed by atoms with Crippen LogP contribution in [0.1, 0.15) is 16.8 Å². The molecule has 15 heavy (non-hydrogen) atoms. The van der Waals surface area contributed by atoms with E-state index in [1.165, 1.54) is 22.5 Å². The highest BCUT2D eigenvalue weighted by molar-refractivity contribution is 5.38. The molecule has 0 spiro atoms. The molecule has 0 amide bonds. The lowest BCUT2D eigenvalue weighted by Gasteiger charge is -2.03. The van der Waals surface area contributed by atoms with E-state index in [0.29, 0.717) is 0 Å². The van der Waals surface area contributed by atoms with Crippen LogP contribution in [0.3, 0.4) is 0 Å². The predicted molar refractivity (Wildman–Crippen MR) is 61.2 cm³/mol. The van der Waals surface area contributed by atoms with Crippen LogP contribution in [0.2, 0.25) is 0 Å². The lowest BCUT2D eigenvalue weighted by molar-refractivity contribution is -0.683. The first-order chi connectivity index (χ1) is 7.11. The fourth-order valence-corrected chi connectivity index (χ4v) is 1.78. The van der Waals surface area contributed by atoms with Gasteiger partial charge in [-0.15, -0.1) is 0 Å². The maximum absolute atomic E-state index is 2.18. The van der Waals surface area contributed by atoms with E-state index in [2.05, 4.69) is 67.6 Å². The summed E-state index contributed by atoms with van der Waals surface area (Å²) in [6.45, 7) is 6.43. The third kappa shape index (κ3) is 1.56. The number of aryl methyl sites for hydroxylation is 2. The van der Waals surface area contributed by atoms with Crippen molar-refractivity contribution in [3.63, 3.8) is 0 Å². The highest BCUT2D eigenvalue weighted by atomic mass is 15.4. The van der Waals surface area contributed by atoms with E-state index in [4.69, 9.17) is 0 Å². The van der Waals surface area contributed by atoms with Gasteiger partial charge in [-0.05, 0) is 26.3 Å². The lowest BCUT2D eigenvalue weighted by Crippen LogP contribution is -2.39. The first-order valence-electron chi connectivity index (χ1n) is 5.22. The maximum Gasteiger partial charge on any atom is 0.238 e. The van der Waals surface area contributed by atoms with Gasteiger partial charge in [-0.2, -0.15) is 4.68 Å². The summed E-state index contributed by atoms with van der Waals surface area (Å²) in [5.74, 6) is 0. The number of hydrogen-bond donors (Lipinski definition) is 0. The molecule has 0 saturated carbocycles. The molecule has 0 aliphatic rings. The van der Waals surface area contributed by atoms with Gasteiger partial charge in [0, 0.05) is 17.7 Å². The van der Waals surface area contributed by atoms with Gasteiger partial charge in [-0.1, -0.05) is 16.8 Å². The summed E-state index contributed by atoms with van der Waals surface area (Å²) in [6, 6.07) is 8.53. The topological polar surface area (TPSA) is 8.81 Å². The van der Waals surface area contributed by atoms with Crippen molar-refractivity contribution in [1.29, 1.82) is 0 Å². The van der Waals surface area contributed by atoms with Crippen LogP contribution in [0.15, 0.2) is 30.5 Å². The van der Waals surface area contributed by atoms with E-state index in [1.807, 2.05) is 0 Å². The Morgan fingerprint density at radius 3 is 2.40 bits per heavy atom. The third-order valence-corrected chi connectivity index (χ3v) is 3.11. The van der Waals surface area contributed by atoms with Gasteiger partial charge in [0.1, 0.15) is 0 Å². The zero-order valence-corrected chi connectivity index (χ0v) is 9.78. The molecule has 0 saturated heterocycles. The van der Waals surface area contributed by atoms with Crippen molar-refractivity contribution in [2.75, 3.05) is 0 Å². The van der Waals surface area contributed by atoms with Crippen LogP contribution >= 0.6 is 0 Å². The lowest BCUT2D eigenvalue weighted by atomic mass is 10.1. The number of nitrogens with zero attached hydrogens (tertiary/aromatic N) is 2. The first kappa shape index (κ1) is 9.97. The van der Waals surface area contributed by atoms with Gasteiger partial charge in [0.05, 0.1) is 12.7 Å². The molecule has 0 unspecified atom stereocenters. The fraction of sp³-hybridized carbons (Fsp3) is 0.308. The number of aromatic nitrogens is 2. The van der Waals surface area contributed by atoms with Gasteiger partial charge in [-0.3, -0.25) is 0 Å².